The fourth-order valence-electron chi connectivity index (χ4n) is 5.09. The van der Waals surface area contributed by atoms with E-state index in [1.54, 1.807) is 6.20 Å². The third-order valence-corrected chi connectivity index (χ3v) is 6.98. The van der Waals surface area contributed by atoms with Crippen LogP contribution < -0.4 is 21.8 Å². The number of nitrogens with two attached hydrogens (primary N) is 1. The fourth-order valence-corrected chi connectivity index (χ4v) is 5.09. The van der Waals surface area contributed by atoms with E-state index in [0.717, 1.165) is 44.2 Å². The number of nitrogen functional groups attached to an aromatic ring is 1. The summed E-state index contributed by atoms with van der Waals surface area (Å²) in [5.41, 5.74) is 6.50. The van der Waals surface area contributed by atoms with Gasteiger partial charge in [-0.3, -0.25) is 9.78 Å². The molecule has 1 spiro atoms. The lowest BCUT2D eigenvalue weighted by atomic mass is 9.74. The molecule has 2 aromatic heterocycles. The predicted molar refractivity (Wildman–Crippen MR) is 126 cm³/mol. The Kier molecular flexibility index (Phi) is 5.19. The molecule has 0 atom stereocenters. The van der Waals surface area contributed by atoms with Gasteiger partial charge in [0.25, 0.3) is 0 Å². The number of carboxylic acid groups (broad SMARTS) is 1. The number of aromatic carboxylic acids is 1. The normalized spacial score (nSPS) is 16.2. The van der Waals surface area contributed by atoms with Gasteiger partial charge >= 0.3 is 5.97 Å². The van der Waals surface area contributed by atoms with Gasteiger partial charge in [0.05, 0.1) is 28.0 Å². The molecule has 172 valence electrons. The summed E-state index contributed by atoms with van der Waals surface area (Å²) in [4.78, 5) is 29.2. The van der Waals surface area contributed by atoms with Crippen molar-refractivity contribution in [2.24, 2.45) is 0 Å². The van der Waals surface area contributed by atoms with Crippen molar-refractivity contribution < 1.29 is 14.3 Å². The number of rotatable bonds is 6. The number of anilines is 3. The molecule has 2 aliphatic rings. The standard InChI is InChI=1S/C24H26FN5O3/c25-17-18(26)16-21-20(19(17)28-11-3-6-14-5-1-2-10-27-14)29-12-9-24(7-4-8-24)30(21)13-15(22(16)31)23(32)33/h1-2,5,10,13,28-29H,3-4,6-9,11-12,26H2,(H,32,33). The van der Waals surface area contributed by atoms with Gasteiger partial charge in [0.2, 0.25) is 5.43 Å². The summed E-state index contributed by atoms with van der Waals surface area (Å²) in [6.07, 6.45) is 8.12. The maximum absolute atomic E-state index is 15.5. The molecular formula is C24H26FN5O3. The summed E-state index contributed by atoms with van der Waals surface area (Å²) in [6, 6.07) is 5.73. The Balaban J connectivity index is 1.61. The Morgan fingerprint density at radius 3 is 2.82 bits per heavy atom. The first-order chi connectivity index (χ1) is 15.9. The van der Waals surface area contributed by atoms with Crippen molar-refractivity contribution in [2.75, 3.05) is 29.5 Å². The number of pyridine rings is 2. The third-order valence-electron chi connectivity index (χ3n) is 6.98. The second-order valence-electron chi connectivity index (χ2n) is 8.85. The van der Waals surface area contributed by atoms with E-state index in [9.17, 15) is 14.7 Å². The smallest absolute Gasteiger partial charge is 0.341 e. The monoisotopic (exact) mass is 451 g/mol. The van der Waals surface area contributed by atoms with Crippen molar-refractivity contribution in [1.29, 1.82) is 0 Å². The van der Waals surface area contributed by atoms with Gasteiger partial charge in [-0.05, 0) is 50.7 Å². The van der Waals surface area contributed by atoms with Crippen molar-refractivity contribution in [3.8, 4) is 0 Å². The van der Waals surface area contributed by atoms with Crippen LogP contribution in [0.15, 0.2) is 35.4 Å². The van der Waals surface area contributed by atoms with E-state index in [1.807, 2.05) is 22.8 Å². The molecular weight excluding hydrogens is 425 g/mol. The van der Waals surface area contributed by atoms with Crippen LogP contribution in [0.5, 0.6) is 0 Å². The highest BCUT2D eigenvalue weighted by molar-refractivity contribution is 6.07. The van der Waals surface area contributed by atoms with Gasteiger partial charge in [0.1, 0.15) is 5.56 Å². The summed E-state index contributed by atoms with van der Waals surface area (Å²) in [7, 11) is 0. The predicted octanol–water partition coefficient (Wildman–Crippen LogP) is 3.56. The van der Waals surface area contributed by atoms with E-state index in [2.05, 4.69) is 15.6 Å². The molecule has 0 saturated heterocycles. The molecule has 3 heterocycles. The average Bonchev–Trinajstić information content (AvgIpc) is 2.95. The lowest BCUT2D eigenvalue weighted by molar-refractivity contribution is 0.0692. The molecule has 1 saturated carbocycles. The van der Waals surface area contributed by atoms with E-state index < -0.39 is 17.2 Å². The third kappa shape index (κ3) is 3.39. The van der Waals surface area contributed by atoms with Crippen LogP contribution >= 0.6 is 0 Å². The zero-order valence-electron chi connectivity index (χ0n) is 18.2. The molecule has 1 aromatic carbocycles. The second kappa shape index (κ2) is 8.06. The number of nitrogens with one attached hydrogen (secondary N) is 2. The van der Waals surface area contributed by atoms with Crippen LogP contribution in [-0.2, 0) is 12.0 Å². The number of aromatic nitrogens is 2. The van der Waals surface area contributed by atoms with Gasteiger partial charge in [-0.15, -0.1) is 0 Å². The Labute approximate surface area is 189 Å². The minimum Gasteiger partial charge on any atom is -0.477 e. The molecule has 1 fully saturated rings. The molecule has 1 aliphatic carbocycles. The van der Waals surface area contributed by atoms with Crippen molar-refractivity contribution in [2.45, 2.75) is 44.1 Å². The molecule has 5 rings (SSSR count). The number of aryl methyl sites for hydroxylation is 1. The Hall–Kier alpha value is -3.62. The minimum absolute atomic E-state index is 0.0675. The Bertz CT molecular complexity index is 1300. The number of benzene rings is 1. The topological polar surface area (TPSA) is 122 Å². The van der Waals surface area contributed by atoms with Crippen LogP contribution in [0.3, 0.4) is 0 Å². The summed E-state index contributed by atoms with van der Waals surface area (Å²) in [6.45, 7) is 1.06. The van der Waals surface area contributed by atoms with E-state index in [4.69, 9.17) is 5.73 Å². The summed E-state index contributed by atoms with van der Waals surface area (Å²) >= 11 is 0. The first kappa shape index (κ1) is 21.2. The molecule has 9 heteroatoms. The zero-order valence-corrected chi connectivity index (χ0v) is 18.2. The minimum atomic E-state index is -1.34. The molecule has 3 aromatic rings. The van der Waals surface area contributed by atoms with Crippen LogP contribution in [0.2, 0.25) is 0 Å². The SMILES string of the molecule is Nc1c(F)c(NCCCc2ccccn2)c2c3c1c(=O)c(C(=O)O)cn3C1(CCC1)CCN2. The summed E-state index contributed by atoms with van der Waals surface area (Å²) in [5, 5.41) is 16.0. The molecule has 33 heavy (non-hydrogen) atoms. The zero-order chi connectivity index (χ0) is 23.2. The number of carboxylic acids is 1. The summed E-state index contributed by atoms with van der Waals surface area (Å²) in [5.74, 6) is -2.08. The molecule has 0 bridgehead atoms. The molecule has 0 unspecified atom stereocenters. The number of hydrogen-bond acceptors (Lipinski definition) is 6. The summed E-state index contributed by atoms with van der Waals surface area (Å²) < 4.78 is 17.4. The van der Waals surface area contributed by atoms with Crippen molar-refractivity contribution in [3.63, 3.8) is 0 Å². The van der Waals surface area contributed by atoms with Gasteiger partial charge < -0.3 is 26.0 Å². The van der Waals surface area contributed by atoms with Crippen molar-refractivity contribution in [1.82, 2.24) is 9.55 Å². The maximum atomic E-state index is 15.5. The van der Waals surface area contributed by atoms with Gasteiger partial charge in [0, 0.05) is 36.7 Å². The van der Waals surface area contributed by atoms with Crippen LogP contribution in [0.1, 0.15) is 48.2 Å². The first-order valence-corrected chi connectivity index (χ1v) is 11.2. The number of fused-ring (bicyclic) bond motifs is 1. The van der Waals surface area contributed by atoms with Gasteiger partial charge in [-0.25, -0.2) is 9.18 Å². The largest absolute Gasteiger partial charge is 0.477 e. The maximum Gasteiger partial charge on any atom is 0.341 e. The van der Waals surface area contributed by atoms with Crippen molar-refractivity contribution in [3.05, 3.63) is 57.9 Å². The Morgan fingerprint density at radius 1 is 1.33 bits per heavy atom. The number of hydrogen-bond donors (Lipinski definition) is 4. The van der Waals surface area contributed by atoms with Gasteiger partial charge in [-0.2, -0.15) is 0 Å². The van der Waals surface area contributed by atoms with Gasteiger partial charge in [0.15, 0.2) is 5.82 Å². The second-order valence-corrected chi connectivity index (χ2v) is 8.85. The molecule has 8 nitrogen and oxygen atoms in total. The van der Waals surface area contributed by atoms with E-state index in [0.29, 0.717) is 24.3 Å². The molecule has 5 N–H and O–H groups in total. The van der Waals surface area contributed by atoms with E-state index >= 15 is 4.39 Å². The fraction of sp³-hybridized carbons (Fsp3) is 0.375. The van der Waals surface area contributed by atoms with Gasteiger partial charge in [-0.1, -0.05) is 6.07 Å². The molecule has 0 radical (unpaired) electrons. The lowest BCUT2D eigenvalue weighted by Gasteiger charge is -2.44. The Morgan fingerprint density at radius 2 is 2.15 bits per heavy atom. The highest BCUT2D eigenvalue weighted by atomic mass is 19.1. The number of nitrogens with zero attached hydrogens (tertiary/aromatic N) is 2. The van der Waals surface area contributed by atoms with Crippen molar-refractivity contribution >= 4 is 33.9 Å². The van der Waals surface area contributed by atoms with Crippen LogP contribution in [0.25, 0.3) is 10.9 Å². The lowest BCUT2D eigenvalue weighted by Crippen LogP contribution is -2.42. The highest BCUT2D eigenvalue weighted by Gasteiger charge is 2.42. The van der Waals surface area contributed by atoms with Crippen LogP contribution in [0.4, 0.5) is 21.5 Å². The highest BCUT2D eigenvalue weighted by Crippen LogP contribution is 2.49. The average molecular weight is 452 g/mol. The van der Waals surface area contributed by atoms with E-state index in [1.165, 1.54) is 6.20 Å². The molecule has 1 aliphatic heterocycles. The number of carbonyl (C=O) groups is 1. The van der Waals surface area contributed by atoms with E-state index in [-0.39, 0.29) is 27.9 Å². The molecule has 0 amide bonds. The number of halogens is 1. The van der Waals surface area contributed by atoms with Crippen LogP contribution in [0, 0.1) is 5.82 Å². The van der Waals surface area contributed by atoms with Crippen LogP contribution in [-0.4, -0.2) is 33.7 Å². The first-order valence-electron chi connectivity index (χ1n) is 11.2. The quantitative estimate of drug-likeness (QED) is 0.334.